The van der Waals surface area contributed by atoms with Crippen molar-refractivity contribution in [1.82, 2.24) is 0 Å². The molecule has 0 spiro atoms. The third-order valence-electron chi connectivity index (χ3n) is 4.41. The minimum Gasteiger partial charge on any atom is -0.0768 e. The molecule has 0 saturated heterocycles. The second-order valence-corrected chi connectivity index (χ2v) is 14.9. The summed E-state index contributed by atoms with van der Waals surface area (Å²) in [4.78, 5) is 0. The van der Waals surface area contributed by atoms with Gasteiger partial charge in [0.25, 0.3) is 0 Å². The molecule has 0 heterocycles. The van der Waals surface area contributed by atoms with Gasteiger partial charge in [-0.3, -0.25) is 0 Å². The Kier molecular flexibility index (Phi) is 5.17. The van der Waals surface area contributed by atoms with E-state index in [-0.39, 0.29) is 9.04 Å². The summed E-state index contributed by atoms with van der Waals surface area (Å²) in [6.07, 6.45) is 0. The average molecular weight is 285 g/mol. The Balaban J connectivity index is 2.20. The van der Waals surface area contributed by atoms with Gasteiger partial charge in [0.05, 0.1) is 0 Å². The van der Waals surface area contributed by atoms with Crippen LogP contribution in [-0.2, 0) is 0 Å². The van der Waals surface area contributed by atoms with Crippen LogP contribution in [0.2, 0.25) is 6.55 Å². The Bertz CT molecular complexity index is 436. The normalized spacial score (nSPS) is 16.4. The molecule has 2 unspecified atom stereocenters. The molecule has 2 rings (SSSR count). The lowest BCUT2D eigenvalue weighted by Gasteiger charge is -2.28. The first-order chi connectivity index (χ1) is 9.24. The van der Waals surface area contributed by atoms with Gasteiger partial charge >= 0.3 is 0 Å². The van der Waals surface area contributed by atoms with Crippen LogP contribution in [0.15, 0.2) is 60.7 Å². The molecule has 2 heteroatoms. The maximum atomic E-state index is 2.51. The molecular formula is C17H24Si2. The van der Waals surface area contributed by atoms with Crippen LogP contribution >= 0.6 is 0 Å². The topological polar surface area (TPSA) is 0 Å². The van der Waals surface area contributed by atoms with E-state index >= 15 is 0 Å². The van der Waals surface area contributed by atoms with Crippen LogP contribution in [0.4, 0.5) is 0 Å². The minimum atomic E-state index is -0.716. The molecule has 0 radical (unpaired) electrons. The van der Waals surface area contributed by atoms with Gasteiger partial charge in [0.15, 0.2) is 0 Å². The molecule has 100 valence electrons. The van der Waals surface area contributed by atoms with Crippen LogP contribution < -0.4 is 0 Å². The van der Waals surface area contributed by atoms with Crippen molar-refractivity contribution in [2.75, 3.05) is 0 Å². The summed E-state index contributed by atoms with van der Waals surface area (Å²) in [6, 6.07) is 22.2. The zero-order chi connectivity index (χ0) is 13.7. The highest BCUT2D eigenvalue weighted by atomic mass is 29.2. The van der Waals surface area contributed by atoms with Crippen LogP contribution in [0.25, 0.3) is 0 Å². The van der Waals surface area contributed by atoms with Gasteiger partial charge in [0, 0.05) is 17.4 Å². The molecule has 0 nitrogen and oxygen atoms in total. The highest BCUT2D eigenvalue weighted by molar-refractivity contribution is 7.13. The molecule has 0 fully saturated rings. The lowest BCUT2D eigenvalue weighted by molar-refractivity contribution is 0.964. The van der Waals surface area contributed by atoms with Crippen molar-refractivity contribution in [3.05, 3.63) is 71.8 Å². The largest absolute Gasteiger partial charge is 0.0768 e. The molecule has 0 bridgehead atoms. The highest BCUT2D eigenvalue weighted by Crippen LogP contribution is 2.27. The molecule has 0 aliphatic carbocycles. The van der Waals surface area contributed by atoms with Gasteiger partial charge in [-0.2, -0.15) is 0 Å². The zero-order valence-corrected chi connectivity index (χ0v) is 14.8. The summed E-state index contributed by atoms with van der Waals surface area (Å²) in [6.45, 7) is 7.43. The molecule has 0 aliphatic rings. The van der Waals surface area contributed by atoms with Crippen molar-refractivity contribution in [1.29, 1.82) is 0 Å². The predicted octanol–water partition coefficient (Wildman–Crippen LogP) is 3.61. The fraction of sp³-hybridized carbons (Fsp3) is 0.294. The molecule has 0 saturated carbocycles. The molecule has 2 aromatic rings. The average Bonchev–Trinajstić information content (AvgIpc) is 2.49. The lowest BCUT2D eigenvalue weighted by atomic mass is 10.1. The quantitative estimate of drug-likeness (QED) is 0.736. The molecule has 2 atom stereocenters. The standard InChI is InChI=1S/C17H24Si2/c1-14(16-10-6-4-7-11-16)19(18-3)15(2)17-12-8-5-9-13-17/h4-15,19H,18H2,1-3H3. The lowest BCUT2D eigenvalue weighted by Crippen LogP contribution is -2.34. The molecule has 2 aromatic carbocycles. The van der Waals surface area contributed by atoms with Gasteiger partial charge in [-0.25, -0.2) is 0 Å². The number of hydrogen-bond donors (Lipinski definition) is 0. The van der Waals surface area contributed by atoms with Crippen molar-refractivity contribution < 1.29 is 0 Å². The van der Waals surface area contributed by atoms with E-state index in [2.05, 4.69) is 81.1 Å². The van der Waals surface area contributed by atoms with E-state index in [0.29, 0.717) is 0 Å². The molecule has 0 aliphatic heterocycles. The Morgan fingerprint density at radius 3 is 1.42 bits per heavy atom. The van der Waals surface area contributed by atoms with Crippen molar-refractivity contribution >= 4 is 17.4 Å². The third-order valence-corrected chi connectivity index (χ3v) is 15.8. The van der Waals surface area contributed by atoms with Crippen LogP contribution in [0.5, 0.6) is 0 Å². The van der Waals surface area contributed by atoms with Crippen LogP contribution in [0.3, 0.4) is 0 Å². The maximum Gasteiger partial charge on any atom is 0.0401 e. The van der Waals surface area contributed by atoms with E-state index in [4.69, 9.17) is 0 Å². The first-order valence-electron chi connectivity index (χ1n) is 7.34. The van der Waals surface area contributed by atoms with Crippen LogP contribution in [0.1, 0.15) is 36.1 Å². The molecule has 19 heavy (non-hydrogen) atoms. The summed E-state index contributed by atoms with van der Waals surface area (Å²) >= 11 is 0. The summed E-state index contributed by atoms with van der Waals surface area (Å²) in [7, 11) is -0.631. The van der Waals surface area contributed by atoms with Gasteiger partial charge < -0.3 is 0 Å². The monoisotopic (exact) mass is 284 g/mol. The smallest absolute Gasteiger partial charge is 0.0401 e. The van der Waals surface area contributed by atoms with Gasteiger partial charge in [-0.15, -0.1) is 0 Å². The number of benzene rings is 2. The van der Waals surface area contributed by atoms with E-state index in [1.807, 2.05) is 0 Å². The number of rotatable bonds is 5. The Labute approximate surface area is 121 Å². The summed E-state index contributed by atoms with van der Waals surface area (Å²) in [5, 5.41) is 0. The van der Waals surface area contributed by atoms with E-state index in [1.54, 1.807) is 11.1 Å². The minimum absolute atomic E-state index is 0.0843. The Morgan fingerprint density at radius 2 is 1.11 bits per heavy atom. The molecule has 0 aromatic heterocycles. The predicted molar refractivity (Wildman–Crippen MR) is 91.3 cm³/mol. The van der Waals surface area contributed by atoms with E-state index < -0.39 is 8.31 Å². The van der Waals surface area contributed by atoms with E-state index in [0.717, 1.165) is 11.1 Å². The molecule has 0 amide bonds. The van der Waals surface area contributed by atoms with Crippen molar-refractivity contribution in [2.45, 2.75) is 31.5 Å². The third kappa shape index (κ3) is 3.45. The summed E-state index contributed by atoms with van der Waals surface area (Å²) in [5.41, 5.74) is 4.70. The van der Waals surface area contributed by atoms with Crippen molar-refractivity contribution in [3.63, 3.8) is 0 Å². The van der Waals surface area contributed by atoms with Crippen LogP contribution in [0, 0.1) is 0 Å². The summed E-state index contributed by atoms with van der Waals surface area (Å²) < 4.78 is 0. The van der Waals surface area contributed by atoms with Crippen molar-refractivity contribution in [3.8, 4) is 0 Å². The fourth-order valence-electron chi connectivity index (χ4n) is 3.15. The van der Waals surface area contributed by atoms with Gasteiger partial charge in [0.2, 0.25) is 0 Å². The van der Waals surface area contributed by atoms with E-state index in [1.165, 1.54) is 0 Å². The van der Waals surface area contributed by atoms with E-state index in [9.17, 15) is 0 Å². The van der Waals surface area contributed by atoms with Gasteiger partial charge in [-0.1, -0.05) is 81.1 Å². The first-order valence-corrected chi connectivity index (χ1v) is 13.3. The number of hydrogen-bond acceptors (Lipinski definition) is 0. The highest BCUT2D eigenvalue weighted by Gasteiger charge is 2.25. The SMILES string of the molecule is C[SiH2][SiH](C(C)c1ccccc1)C(C)c1ccccc1. The maximum absolute atomic E-state index is 2.51. The second-order valence-electron chi connectivity index (χ2n) is 5.47. The molecule has 0 N–H and O–H groups in total. The van der Waals surface area contributed by atoms with Gasteiger partial charge in [-0.05, 0) is 22.2 Å². The zero-order valence-electron chi connectivity index (χ0n) is 12.2. The van der Waals surface area contributed by atoms with Crippen LogP contribution in [-0.4, -0.2) is 17.4 Å². The Morgan fingerprint density at radius 1 is 0.737 bits per heavy atom. The van der Waals surface area contributed by atoms with Crippen molar-refractivity contribution in [2.24, 2.45) is 0 Å². The fourth-order valence-corrected chi connectivity index (χ4v) is 12.7. The first kappa shape index (κ1) is 14.3. The second kappa shape index (κ2) is 6.87. The van der Waals surface area contributed by atoms with Gasteiger partial charge in [0.1, 0.15) is 0 Å². The molecular weight excluding hydrogens is 260 g/mol. The Hall–Kier alpha value is -1.13. The summed E-state index contributed by atoms with van der Waals surface area (Å²) in [5.74, 6) is 0.